The molecule has 2 amide bonds. The molecule has 1 atom stereocenters. The molecule has 6 heteroatoms. The molecule has 0 spiro atoms. The van der Waals surface area contributed by atoms with Crippen molar-refractivity contribution in [2.24, 2.45) is 0 Å². The summed E-state index contributed by atoms with van der Waals surface area (Å²) in [6.45, 7) is 0.588. The van der Waals surface area contributed by atoms with Gasteiger partial charge in [0.2, 0.25) is 0 Å². The Hall–Kier alpha value is -2.89. The maximum atomic E-state index is 11.9. The first-order chi connectivity index (χ1) is 13.6. The summed E-state index contributed by atoms with van der Waals surface area (Å²) < 4.78 is 0. The van der Waals surface area contributed by atoms with Gasteiger partial charge in [-0.2, -0.15) is 0 Å². The number of rotatable bonds is 7. The third kappa shape index (κ3) is 6.08. The molecule has 1 heterocycles. The lowest BCUT2D eigenvalue weighted by Gasteiger charge is -2.13. The number of amides is 2. The van der Waals surface area contributed by atoms with Gasteiger partial charge in [0.25, 0.3) is 0 Å². The molecule has 28 heavy (non-hydrogen) atoms. The SMILES string of the molecule is O=C(NCc1ccc(-c2ccncc2)cc1)NCC(O)Cc1ccc(Cl)cc1. The van der Waals surface area contributed by atoms with Crippen molar-refractivity contribution in [1.82, 2.24) is 15.6 Å². The van der Waals surface area contributed by atoms with Crippen molar-refractivity contribution < 1.29 is 9.90 Å². The highest BCUT2D eigenvalue weighted by Crippen LogP contribution is 2.18. The summed E-state index contributed by atoms with van der Waals surface area (Å²) in [6.07, 6.45) is 3.31. The van der Waals surface area contributed by atoms with E-state index in [2.05, 4.69) is 15.6 Å². The number of pyridine rings is 1. The topological polar surface area (TPSA) is 74.2 Å². The number of carbonyl (C=O) groups is 1. The Labute approximate surface area is 169 Å². The molecular weight excluding hydrogens is 374 g/mol. The van der Waals surface area contributed by atoms with Crippen LogP contribution in [0.25, 0.3) is 11.1 Å². The molecule has 0 aliphatic rings. The zero-order valence-electron chi connectivity index (χ0n) is 15.3. The fourth-order valence-electron chi connectivity index (χ4n) is 2.78. The molecule has 5 nitrogen and oxygen atoms in total. The van der Waals surface area contributed by atoms with Crippen LogP contribution in [-0.4, -0.2) is 28.8 Å². The number of benzene rings is 2. The van der Waals surface area contributed by atoms with E-state index in [0.29, 0.717) is 18.0 Å². The van der Waals surface area contributed by atoms with Gasteiger partial charge in [-0.1, -0.05) is 48.0 Å². The zero-order valence-corrected chi connectivity index (χ0v) is 16.1. The Morgan fingerprint density at radius 1 is 0.893 bits per heavy atom. The molecule has 2 aromatic carbocycles. The van der Waals surface area contributed by atoms with Crippen LogP contribution in [0.1, 0.15) is 11.1 Å². The van der Waals surface area contributed by atoms with E-state index >= 15 is 0 Å². The number of nitrogens with zero attached hydrogens (tertiary/aromatic N) is 1. The smallest absolute Gasteiger partial charge is 0.315 e. The summed E-state index contributed by atoms with van der Waals surface area (Å²) in [7, 11) is 0. The standard InChI is InChI=1S/C22H22ClN3O2/c23-20-7-3-16(4-8-20)13-21(27)15-26-22(28)25-14-17-1-5-18(6-2-17)19-9-11-24-12-10-19/h1-12,21,27H,13-15H2,(H2,25,26,28). The number of urea groups is 1. The Balaban J connectivity index is 1.41. The Morgan fingerprint density at radius 3 is 2.18 bits per heavy atom. The molecule has 0 aliphatic heterocycles. The summed E-state index contributed by atoms with van der Waals surface area (Å²) in [5.74, 6) is 0. The van der Waals surface area contributed by atoms with Crippen molar-refractivity contribution in [2.45, 2.75) is 19.1 Å². The second-order valence-corrected chi connectivity index (χ2v) is 6.92. The molecule has 3 N–H and O–H groups in total. The Bertz CT molecular complexity index is 884. The number of aliphatic hydroxyl groups is 1. The summed E-state index contributed by atoms with van der Waals surface area (Å²) in [4.78, 5) is 16.0. The highest BCUT2D eigenvalue weighted by Gasteiger charge is 2.08. The van der Waals surface area contributed by atoms with Gasteiger partial charge in [0.15, 0.2) is 0 Å². The number of hydrogen-bond donors (Lipinski definition) is 3. The summed E-state index contributed by atoms with van der Waals surface area (Å²) >= 11 is 5.85. The van der Waals surface area contributed by atoms with Gasteiger partial charge in [-0.25, -0.2) is 4.79 Å². The van der Waals surface area contributed by atoms with Crippen LogP contribution < -0.4 is 10.6 Å². The van der Waals surface area contributed by atoms with E-state index in [-0.39, 0.29) is 12.6 Å². The average Bonchev–Trinajstić information content (AvgIpc) is 2.73. The van der Waals surface area contributed by atoms with E-state index in [4.69, 9.17) is 11.6 Å². The normalized spacial score (nSPS) is 11.6. The molecule has 1 aromatic heterocycles. The van der Waals surface area contributed by atoms with Crippen LogP contribution in [0.5, 0.6) is 0 Å². The van der Waals surface area contributed by atoms with Crippen molar-refractivity contribution in [3.05, 3.63) is 89.2 Å². The quantitative estimate of drug-likeness (QED) is 0.569. The molecule has 0 fully saturated rings. The zero-order chi connectivity index (χ0) is 19.8. The maximum absolute atomic E-state index is 11.9. The minimum Gasteiger partial charge on any atom is -0.391 e. The number of hydrogen-bond acceptors (Lipinski definition) is 3. The number of aliphatic hydroxyl groups excluding tert-OH is 1. The predicted octanol–water partition coefficient (Wildman–Crippen LogP) is 3.80. The monoisotopic (exact) mass is 395 g/mol. The predicted molar refractivity (Wildman–Crippen MR) is 111 cm³/mol. The first-order valence-electron chi connectivity index (χ1n) is 9.04. The van der Waals surface area contributed by atoms with E-state index in [0.717, 1.165) is 22.3 Å². The fraction of sp³-hybridized carbons (Fsp3) is 0.182. The average molecular weight is 396 g/mol. The van der Waals surface area contributed by atoms with Gasteiger partial charge in [-0.05, 0) is 46.5 Å². The molecule has 0 saturated carbocycles. The van der Waals surface area contributed by atoms with Crippen molar-refractivity contribution in [1.29, 1.82) is 0 Å². The molecule has 3 rings (SSSR count). The minimum atomic E-state index is -0.661. The number of carbonyl (C=O) groups excluding carboxylic acids is 1. The van der Waals surface area contributed by atoms with Crippen molar-refractivity contribution in [3.8, 4) is 11.1 Å². The van der Waals surface area contributed by atoms with Crippen LogP contribution in [0.2, 0.25) is 5.02 Å². The molecule has 3 aromatic rings. The Kier molecular flexibility index (Phi) is 7.00. The maximum Gasteiger partial charge on any atom is 0.315 e. The van der Waals surface area contributed by atoms with Crippen molar-refractivity contribution in [3.63, 3.8) is 0 Å². The minimum absolute atomic E-state index is 0.176. The number of aromatic nitrogens is 1. The molecular formula is C22H22ClN3O2. The van der Waals surface area contributed by atoms with Gasteiger partial charge >= 0.3 is 6.03 Å². The van der Waals surface area contributed by atoms with Gasteiger partial charge in [-0.3, -0.25) is 4.98 Å². The molecule has 0 bridgehead atoms. The van der Waals surface area contributed by atoms with Gasteiger partial charge < -0.3 is 15.7 Å². The first-order valence-corrected chi connectivity index (χ1v) is 9.41. The number of halogens is 1. The highest BCUT2D eigenvalue weighted by molar-refractivity contribution is 6.30. The lowest BCUT2D eigenvalue weighted by molar-refractivity contribution is 0.170. The van der Waals surface area contributed by atoms with Gasteiger partial charge in [0.1, 0.15) is 0 Å². The second kappa shape index (κ2) is 9.88. The molecule has 144 valence electrons. The largest absolute Gasteiger partial charge is 0.391 e. The molecule has 0 radical (unpaired) electrons. The van der Waals surface area contributed by atoms with Crippen LogP contribution in [0.15, 0.2) is 73.1 Å². The second-order valence-electron chi connectivity index (χ2n) is 6.48. The van der Waals surface area contributed by atoms with Crippen LogP contribution >= 0.6 is 11.6 Å². The van der Waals surface area contributed by atoms with Crippen LogP contribution in [0.4, 0.5) is 4.79 Å². The third-order valence-corrected chi connectivity index (χ3v) is 4.56. The molecule has 0 aliphatic carbocycles. The molecule has 1 unspecified atom stereocenters. The van der Waals surface area contributed by atoms with E-state index in [9.17, 15) is 9.90 Å². The van der Waals surface area contributed by atoms with Gasteiger partial charge in [-0.15, -0.1) is 0 Å². The van der Waals surface area contributed by atoms with Crippen molar-refractivity contribution >= 4 is 17.6 Å². The molecule has 0 saturated heterocycles. The summed E-state index contributed by atoms with van der Waals surface area (Å²) in [6, 6.07) is 18.9. The van der Waals surface area contributed by atoms with Gasteiger partial charge in [0, 0.05) is 36.9 Å². The number of nitrogens with one attached hydrogen (secondary N) is 2. The lowest BCUT2D eigenvalue weighted by atomic mass is 10.1. The Morgan fingerprint density at radius 2 is 1.50 bits per heavy atom. The van der Waals surface area contributed by atoms with Crippen LogP contribution in [-0.2, 0) is 13.0 Å². The van der Waals surface area contributed by atoms with E-state index in [1.165, 1.54) is 0 Å². The lowest BCUT2D eigenvalue weighted by Crippen LogP contribution is -2.39. The van der Waals surface area contributed by atoms with E-state index in [1.807, 2.05) is 48.5 Å². The van der Waals surface area contributed by atoms with Crippen LogP contribution in [0.3, 0.4) is 0 Å². The van der Waals surface area contributed by atoms with E-state index < -0.39 is 6.10 Å². The summed E-state index contributed by atoms with van der Waals surface area (Å²) in [5, 5.41) is 16.2. The van der Waals surface area contributed by atoms with Crippen molar-refractivity contribution in [2.75, 3.05) is 6.54 Å². The highest BCUT2D eigenvalue weighted by atomic mass is 35.5. The first kappa shape index (κ1) is 19.9. The summed E-state index contributed by atoms with van der Waals surface area (Å²) in [5.41, 5.74) is 4.16. The third-order valence-electron chi connectivity index (χ3n) is 4.30. The fourth-order valence-corrected chi connectivity index (χ4v) is 2.91. The van der Waals surface area contributed by atoms with Gasteiger partial charge in [0.05, 0.1) is 6.10 Å². The van der Waals surface area contributed by atoms with E-state index in [1.54, 1.807) is 24.5 Å². The van der Waals surface area contributed by atoms with Crippen LogP contribution in [0, 0.1) is 0 Å².